The third kappa shape index (κ3) is 3.72. The lowest BCUT2D eigenvalue weighted by Gasteiger charge is -2.35. The number of rotatable bonds is 4. The summed E-state index contributed by atoms with van der Waals surface area (Å²) in [5.74, 6) is 0.937. The molecular weight excluding hydrogens is 254 g/mol. The van der Waals surface area contributed by atoms with E-state index >= 15 is 0 Å². The maximum atomic E-state index is 12.3. The molecule has 0 saturated carbocycles. The normalized spacial score (nSPS) is 25.1. The van der Waals surface area contributed by atoms with E-state index in [1.54, 1.807) is 0 Å². The summed E-state index contributed by atoms with van der Waals surface area (Å²) in [5.41, 5.74) is 0. The zero-order valence-corrected chi connectivity index (χ0v) is 12.7. The minimum Gasteiger partial charge on any atom is -0.343 e. The van der Waals surface area contributed by atoms with Crippen LogP contribution < -0.4 is 5.32 Å². The molecule has 2 saturated heterocycles. The number of carbonyl (C=O) groups excluding carboxylic acids is 2. The van der Waals surface area contributed by atoms with Crippen molar-refractivity contribution in [3.63, 3.8) is 0 Å². The Labute approximate surface area is 121 Å². The first kappa shape index (κ1) is 15.3. The second-order valence-electron chi connectivity index (χ2n) is 6.10. The van der Waals surface area contributed by atoms with E-state index in [0.29, 0.717) is 12.3 Å². The molecule has 114 valence electrons. The van der Waals surface area contributed by atoms with E-state index in [9.17, 15) is 9.59 Å². The SMILES string of the molecule is CCCN1CCNC(CC(=O)N2CCC(C)CC2)C1=O. The first-order chi connectivity index (χ1) is 9.61. The topological polar surface area (TPSA) is 52.7 Å². The molecule has 5 nitrogen and oxygen atoms in total. The molecule has 2 aliphatic rings. The zero-order valence-electron chi connectivity index (χ0n) is 12.7. The van der Waals surface area contributed by atoms with E-state index in [2.05, 4.69) is 19.2 Å². The molecule has 0 aromatic heterocycles. The number of piperazine rings is 1. The summed E-state index contributed by atoms with van der Waals surface area (Å²) in [6.07, 6.45) is 3.45. The predicted octanol–water partition coefficient (Wildman–Crippen LogP) is 0.845. The van der Waals surface area contributed by atoms with Crippen molar-refractivity contribution < 1.29 is 9.59 Å². The van der Waals surface area contributed by atoms with Crippen LogP contribution in [0.25, 0.3) is 0 Å². The van der Waals surface area contributed by atoms with Gasteiger partial charge in [-0.1, -0.05) is 13.8 Å². The van der Waals surface area contributed by atoms with Gasteiger partial charge in [0.1, 0.15) is 0 Å². The first-order valence-electron chi connectivity index (χ1n) is 7.91. The van der Waals surface area contributed by atoms with Gasteiger partial charge in [-0.15, -0.1) is 0 Å². The van der Waals surface area contributed by atoms with Gasteiger partial charge in [-0.05, 0) is 25.2 Å². The second kappa shape index (κ2) is 7.07. The van der Waals surface area contributed by atoms with Crippen LogP contribution in [-0.4, -0.2) is 60.4 Å². The van der Waals surface area contributed by atoms with Gasteiger partial charge in [0, 0.05) is 32.7 Å². The minimum absolute atomic E-state index is 0.0943. The lowest BCUT2D eigenvalue weighted by atomic mass is 9.98. The van der Waals surface area contributed by atoms with Gasteiger partial charge in [-0.3, -0.25) is 9.59 Å². The van der Waals surface area contributed by atoms with Crippen LogP contribution in [0.5, 0.6) is 0 Å². The Balaban J connectivity index is 1.85. The minimum atomic E-state index is -0.317. The Morgan fingerprint density at radius 1 is 1.30 bits per heavy atom. The van der Waals surface area contributed by atoms with Crippen molar-refractivity contribution in [3.8, 4) is 0 Å². The van der Waals surface area contributed by atoms with E-state index in [4.69, 9.17) is 0 Å². The Hall–Kier alpha value is -1.10. The van der Waals surface area contributed by atoms with Crippen LogP contribution in [-0.2, 0) is 9.59 Å². The van der Waals surface area contributed by atoms with Gasteiger partial charge < -0.3 is 15.1 Å². The second-order valence-corrected chi connectivity index (χ2v) is 6.10. The molecule has 2 amide bonds. The van der Waals surface area contributed by atoms with Crippen LogP contribution in [0.2, 0.25) is 0 Å². The molecule has 0 aromatic carbocycles. The number of nitrogens with one attached hydrogen (secondary N) is 1. The van der Waals surface area contributed by atoms with Gasteiger partial charge in [0.25, 0.3) is 0 Å². The molecule has 1 N–H and O–H groups in total. The molecule has 0 spiro atoms. The summed E-state index contributed by atoms with van der Waals surface area (Å²) in [6.45, 7) is 8.35. The van der Waals surface area contributed by atoms with Gasteiger partial charge in [-0.2, -0.15) is 0 Å². The first-order valence-corrected chi connectivity index (χ1v) is 7.91. The molecule has 0 bridgehead atoms. The molecular formula is C15H27N3O2. The van der Waals surface area contributed by atoms with Crippen molar-refractivity contribution >= 4 is 11.8 Å². The van der Waals surface area contributed by atoms with Crippen LogP contribution in [0.3, 0.4) is 0 Å². The molecule has 2 aliphatic heterocycles. The quantitative estimate of drug-likeness (QED) is 0.831. The zero-order chi connectivity index (χ0) is 14.5. The molecule has 2 heterocycles. The average molecular weight is 281 g/mol. The van der Waals surface area contributed by atoms with Crippen molar-refractivity contribution in [3.05, 3.63) is 0 Å². The molecule has 5 heteroatoms. The fourth-order valence-corrected chi connectivity index (χ4v) is 3.00. The summed E-state index contributed by atoms with van der Waals surface area (Å²) >= 11 is 0. The monoisotopic (exact) mass is 281 g/mol. The van der Waals surface area contributed by atoms with Crippen molar-refractivity contribution in [1.82, 2.24) is 15.1 Å². The molecule has 1 atom stereocenters. The summed E-state index contributed by atoms with van der Waals surface area (Å²) in [6, 6.07) is -0.317. The van der Waals surface area contributed by atoms with Crippen LogP contribution in [0.15, 0.2) is 0 Å². The average Bonchev–Trinajstić information content (AvgIpc) is 2.44. The summed E-state index contributed by atoms with van der Waals surface area (Å²) in [7, 11) is 0. The van der Waals surface area contributed by atoms with Gasteiger partial charge in [0.05, 0.1) is 12.5 Å². The predicted molar refractivity (Wildman–Crippen MR) is 78.3 cm³/mol. The third-order valence-electron chi connectivity index (χ3n) is 4.39. The van der Waals surface area contributed by atoms with Gasteiger partial charge >= 0.3 is 0 Å². The van der Waals surface area contributed by atoms with Crippen LogP contribution in [0, 0.1) is 5.92 Å². The molecule has 2 fully saturated rings. The standard InChI is InChI=1S/C15H27N3O2/c1-3-7-18-10-6-16-13(15(18)20)11-14(19)17-8-4-12(2)5-9-17/h12-13,16H,3-11H2,1-2H3. The van der Waals surface area contributed by atoms with E-state index in [0.717, 1.165) is 52.0 Å². The van der Waals surface area contributed by atoms with Gasteiger partial charge in [-0.25, -0.2) is 0 Å². The van der Waals surface area contributed by atoms with Crippen molar-refractivity contribution in [1.29, 1.82) is 0 Å². The van der Waals surface area contributed by atoms with E-state index in [-0.39, 0.29) is 17.9 Å². The number of likely N-dealkylation sites (tertiary alicyclic amines) is 1. The van der Waals surface area contributed by atoms with Crippen LogP contribution >= 0.6 is 0 Å². The molecule has 20 heavy (non-hydrogen) atoms. The fraction of sp³-hybridized carbons (Fsp3) is 0.867. The van der Waals surface area contributed by atoms with Gasteiger partial charge in [0.2, 0.25) is 11.8 Å². The Bertz CT molecular complexity index is 349. The highest BCUT2D eigenvalue weighted by atomic mass is 16.2. The molecule has 0 aliphatic carbocycles. The Morgan fingerprint density at radius 3 is 2.65 bits per heavy atom. The molecule has 0 aromatic rings. The number of piperidine rings is 1. The van der Waals surface area contributed by atoms with Crippen molar-refractivity contribution in [2.24, 2.45) is 5.92 Å². The Kier molecular flexibility index (Phi) is 5.40. The van der Waals surface area contributed by atoms with Gasteiger partial charge in [0.15, 0.2) is 0 Å². The van der Waals surface area contributed by atoms with Crippen LogP contribution in [0.1, 0.15) is 39.5 Å². The lowest BCUT2D eigenvalue weighted by Crippen LogP contribution is -2.56. The van der Waals surface area contributed by atoms with E-state index < -0.39 is 0 Å². The van der Waals surface area contributed by atoms with E-state index in [1.165, 1.54) is 0 Å². The summed E-state index contributed by atoms with van der Waals surface area (Å²) in [5, 5.41) is 3.20. The maximum Gasteiger partial charge on any atom is 0.240 e. The largest absolute Gasteiger partial charge is 0.343 e. The number of amides is 2. The number of nitrogens with zero attached hydrogens (tertiary/aromatic N) is 2. The number of hydrogen-bond donors (Lipinski definition) is 1. The highest BCUT2D eigenvalue weighted by Gasteiger charge is 2.31. The molecule has 1 unspecified atom stereocenters. The van der Waals surface area contributed by atoms with Crippen molar-refractivity contribution in [2.45, 2.75) is 45.6 Å². The van der Waals surface area contributed by atoms with Crippen molar-refractivity contribution in [2.75, 3.05) is 32.7 Å². The number of hydrogen-bond acceptors (Lipinski definition) is 3. The highest BCUT2D eigenvalue weighted by molar-refractivity contribution is 5.89. The lowest BCUT2D eigenvalue weighted by molar-refractivity contribution is -0.141. The smallest absolute Gasteiger partial charge is 0.240 e. The van der Waals surface area contributed by atoms with Crippen LogP contribution in [0.4, 0.5) is 0 Å². The summed E-state index contributed by atoms with van der Waals surface area (Å²) < 4.78 is 0. The Morgan fingerprint density at radius 2 is 2.00 bits per heavy atom. The third-order valence-corrected chi connectivity index (χ3v) is 4.39. The maximum absolute atomic E-state index is 12.3. The summed E-state index contributed by atoms with van der Waals surface area (Å²) in [4.78, 5) is 28.4. The molecule has 2 rings (SSSR count). The van der Waals surface area contributed by atoms with E-state index in [1.807, 2.05) is 9.80 Å². The highest BCUT2D eigenvalue weighted by Crippen LogP contribution is 2.17. The fourth-order valence-electron chi connectivity index (χ4n) is 3.00. The number of carbonyl (C=O) groups is 2. The molecule has 0 radical (unpaired) electrons.